The smallest absolute Gasteiger partial charge is 0.354 e. The standard InChI is InChI=1S/C15H15NO.C8H11N.C6H5NO2.ClH/c1-11-6-5-7-12(2)13(11)10-15(17)14-8-3-4-9-16-14;1-6-4-3-5-7(2)8(6)9;8-6(9)5-3-1-2-4-7-5;/h3-9H,10H2,1-2H3;3-5H,9H2,1-2H3;1-4H,(H,8,9);1H. The molecule has 0 atom stereocenters. The lowest BCUT2D eigenvalue weighted by Crippen LogP contribution is -2.07. The predicted molar refractivity (Wildman–Crippen MR) is 147 cm³/mol. The Morgan fingerprint density at radius 1 is 0.694 bits per heavy atom. The number of pyridine rings is 2. The molecule has 0 saturated carbocycles. The third-order valence-corrected chi connectivity index (χ3v) is 5.36. The zero-order chi connectivity index (χ0) is 25.8. The molecule has 0 saturated heterocycles. The Morgan fingerprint density at radius 3 is 1.50 bits per heavy atom. The van der Waals surface area contributed by atoms with Crippen LogP contribution in [0.15, 0.2) is 85.2 Å². The number of nitrogen functional groups attached to an aromatic ring is 1. The number of ketones is 1. The molecule has 2 aromatic carbocycles. The van der Waals surface area contributed by atoms with Crippen molar-refractivity contribution in [1.82, 2.24) is 9.97 Å². The van der Waals surface area contributed by atoms with E-state index in [4.69, 9.17) is 10.8 Å². The number of carboxylic acids is 1. The number of aromatic carboxylic acids is 1. The second-order valence-corrected chi connectivity index (χ2v) is 8.01. The minimum atomic E-state index is -0.990. The van der Waals surface area contributed by atoms with Crippen molar-refractivity contribution >= 4 is 29.8 Å². The minimum Gasteiger partial charge on any atom is -0.477 e. The summed E-state index contributed by atoms with van der Waals surface area (Å²) in [7, 11) is 0. The number of Topliss-reactive ketones (excluding diaryl/α,β-unsaturated/α-hetero) is 1. The summed E-state index contributed by atoms with van der Waals surface area (Å²) in [5, 5.41) is 8.32. The molecule has 0 aliphatic heterocycles. The third-order valence-electron chi connectivity index (χ3n) is 5.36. The first-order valence-corrected chi connectivity index (χ1v) is 11.2. The van der Waals surface area contributed by atoms with E-state index in [1.807, 2.05) is 76.2 Å². The van der Waals surface area contributed by atoms with Gasteiger partial charge in [-0.2, -0.15) is 0 Å². The maximum Gasteiger partial charge on any atom is 0.354 e. The first-order valence-electron chi connectivity index (χ1n) is 11.2. The number of nitrogens with zero attached hydrogens (tertiary/aromatic N) is 2. The van der Waals surface area contributed by atoms with E-state index in [1.165, 1.54) is 12.3 Å². The van der Waals surface area contributed by atoms with Crippen LogP contribution in [0.1, 0.15) is 48.8 Å². The summed E-state index contributed by atoms with van der Waals surface area (Å²) in [6.45, 7) is 8.10. The van der Waals surface area contributed by atoms with Gasteiger partial charge in [-0.15, -0.1) is 12.4 Å². The number of aromatic nitrogens is 2. The number of carbonyl (C=O) groups is 2. The van der Waals surface area contributed by atoms with Crippen LogP contribution in [0.4, 0.5) is 5.69 Å². The molecule has 2 aromatic heterocycles. The van der Waals surface area contributed by atoms with E-state index in [0.29, 0.717) is 12.1 Å². The third kappa shape index (κ3) is 9.31. The lowest BCUT2D eigenvalue weighted by Gasteiger charge is -2.08. The van der Waals surface area contributed by atoms with Gasteiger partial charge in [0.05, 0.1) is 0 Å². The number of aryl methyl sites for hydroxylation is 4. The molecule has 7 heteroatoms. The summed E-state index contributed by atoms with van der Waals surface area (Å²) in [4.78, 5) is 29.9. The van der Waals surface area contributed by atoms with Crippen LogP contribution in [0.25, 0.3) is 0 Å². The van der Waals surface area contributed by atoms with Crippen LogP contribution in [0.3, 0.4) is 0 Å². The van der Waals surface area contributed by atoms with Crippen molar-refractivity contribution in [2.45, 2.75) is 34.1 Å². The van der Waals surface area contributed by atoms with Crippen molar-refractivity contribution in [3.8, 4) is 0 Å². The van der Waals surface area contributed by atoms with E-state index >= 15 is 0 Å². The van der Waals surface area contributed by atoms with Crippen LogP contribution >= 0.6 is 12.4 Å². The number of nitrogens with two attached hydrogens (primary N) is 1. The maximum absolute atomic E-state index is 12.1. The Bertz CT molecular complexity index is 1220. The average molecular weight is 506 g/mol. The molecule has 0 aliphatic carbocycles. The Morgan fingerprint density at radius 2 is 1.14 bits per heavy atom. The van der Waals surface area contributed by atoms with Crippen molar-refractivity contribution in [3.63, 3.8) is 0 Å². The summed E-state index contributed by atoms with van der Waals surface area (Å²) < 4.78 is 0. The van der Waals surface area contributed by atoms with Crippen molar-refractivity contribution in [3.05, 3.63) is 124 Å². The fraction of sp³-hybridized carbons (Fsp3) is 0.172. The number of benzene rings is 2. The Hall–Kier alpha value is -4.03. The lowest BCUT2D eigenvalue weighted by molar-refractivity contribution is 0.0690. The molecule has 0 fully saturated rings. The maximum atomic E-state index is 12.1. The molecule has 0 aliphatic rings. The van der Waals surface area contributed by atoms with Crippen molar-refractivity contribution in [2.75, 3.05) is 5.73 Å². The molecular formula is C29H32ClN3O3. The van der Waals surface area contributed by atoms with Crippen LogP contribution < -0.4 is 5.73 Å². The number of para-hydroxylation sites is 1. The first-order chi connectivity index (χ1) is 16.7. The van der Waals surface area contributed by atoms with E-state index < -0.39 is 5.97 Å². The van der Waals surface area contributed by atoms with Crippen LogP contribution in [-0.4, -0.2) is 26.8 Å². The highest BCUT2D eigenvalue weighted by Crippen LogP contribution is 2.16. The van der Waals surface area contributed by atoms with Crippen LogP contribution in [0.5, 0.6) is 0 Å². The molecule has 36 heavy (non-hydrogen) atoms. The zero-order valence-electron chi connectivity index (χ0n) is 20.9. The summed E-state index contributed by atoms with van der Waals surface area (Å²) in [5.41, 5.74) is 13.0. The molecule has 4 rings (SSSR count). The van der Waals surface area contributed by atoms with Gasteiger partial charge in [-0.05, 0) is 79.8 Å². The average Bonchev–Trinajstić information content (AvgIpc) is 2.86. The van der Waals surface area contributed by atoms with Crippen molar-refractivity contribution in [2.24, 2.45) is 0 Å². The topological polar surface area (TPSA) is 106 Å². The molecule has 0 amide bonds. The SMILES string of the molecule is Cc1cccc(C)c1CC(=O)c1ccccn1.Cc1cccc(C)c1N.Cl.O=C(O)c1ccccn1. The van der Waals surface area contributed by atoms with Gasteiger partial charge in [0, 0.05) is 24.5 Å². The van der Waals surface area contributed by atoms with E-state index in [-0.39, 0.29) is 23.9 Å². The normalized spacial score (nSPS) is 9.44. The summed E-state index contributed by atoms with van der Waals surface area (Å²) in [5.74, 6) is -0.918. The number of anilines is 1. The van der Waals surface area contributed by atoms with Gasteiger partial charge in [-0.3, -0.25) is 9.78 Å². The monoisotopic (exact) mass is 505 g/mol. The Labute approximate surface area is 218 Å². The van der Waals surface area contributed by atoms with E-state index in [9.17, 15) is 9.59 Å². The van der Waals surface area contributed by atoms with Gasteiger partial charge in [0.25, 0.3) is 0 Å². The molecule has 6 nitrogen and oxygen atoms in total. The van der Waals surface area contributed by atoms with Crippen LogP contribution in [0.2, 0.25) is 0 Å². The number of carbonyl (C=O) groups excluding carboxylic acids is 1. The quantitative estimate of drug-likeness (QED) is 0.252. The lowest BCUT2D eigenvalue weighted by atomic mass is 9.97. The number of hydrogen-bond acceptors (Lipinski definition) is 5. The molecule has 0 unspecified atom stereocenters. The van der Waals surface area contributed by atoms with Gasteiger partial charge < -0.3 is 10.8 Å². The molecule has 188 valence electrons. The highest BCUT2D eigenvalue weighted by atomic mass is 35.5. The number of halogens is 1. The number of carboxylic acid groups (broad SMARTS) is 1. The second-order valence-electron chi connectivity index (χ2n) is 8.01. The fourth-order valence-electron chi connectivity index (χ4n) is 3.22. The zero-order valence-corrected chi connectivity index (χ0v) is 21.8. The van der Waals surface area contributed by atoms with Crippen molar-refractivity contribution < 1.29 is 14.7 Å². The van der Waals surface area contributed by atoms with E-state index in [0.717, 1.165) is 33.5 Å². The highest BCUT2D eigenvalue weighted by molar-refractivity contribution is 5.96. The second kappa shape index (κ2) is 15.1. The fourth-order valence-corrected chi connectivity index (χ4v) is 3.22. The largest absolute Gasteiger partial charge is 0.477 e. The molecule has 0 bridgehead atoms. The van der Waals surface area contributed by atoms with Gasteiger partial charge in [0.2, 0.25) is 0 Å². The van der Waals surface area contributed by atoms with Gasteiger partial charge in [-0.1, -0.05) is 48.5 Å². The molecule has 2 heterocycles. The summed E-state index contributed by atoms with van der Waals surface area (Å²) >= 11 is 0. The van der Waals surface area contributed by atoms with E-state index in [1.54, 1.807) is 24.4 Å². The Kier molecular flexibility index (Phi) is 12.6. The molecule has 0 radical (unpaired) electrons. The Balaban J connectivity index is 0.000000291. The molecule has 4 aromatic rings. The highest BCUT2D eigenvalue weighted by Gasteiger charge is 2.11. The van der Waals surface area contributed by atoms with Gasteiger partial charge in [0.1, 0.15) is 11.4 Å². The molecule has 3 N–H and O–H groups in total. The predicted octanol–water partition coefficient (Wildman–Crippen LogP) is 6.21. The minimum absolute atomic E-state index is 0. The van der Waals surface area contributed by atoms with Gasteiger partial charge in [-0.25, -0.2) is 9.78 Å². The number of hydrogen-bond donors (Lipinski definition) is 2. The molecule has 0 spiro atoms. The summed E-state index contributed by atoms with van der Waals surface area (Å²) in [6, 6.07) is 22.3. The van der Waals surface area contributed by atoms with E-state index in [2.05, 4.69) is 9.97 Å². The van der Waals surface area contributed by atoms with Crippen LogP contribution in [0, 0.1) is 27.7 Å². The molecular weight excluding hydrogens is 474 g/mol. The first kappa shape index (κ1) is 30.0. The van der Waals surface area contributed by atoms with Crippen LogP contribution in [-0.2, 0) is 6.42 Å². The van der Waals surface area contributed by atoms with Crippen molar-refractivity contribution in [1.29, 1.82) is 0 Å². The number of rotatable bonds is 4. The van der Waals surface area contributed by atoms with Gasteiger partial charge >= 0.3 is 5.97 Å². The van der Waals surface area contributed by atoms with Gasteiger partial charge in [0.15, 0.2) is 5.78 Å². The summed E-state index contributed by atoms with van der Waals surface area (Å²) in [6.07, 6.45) is 3.52.